The van der Waals surface area contributed by atoms with Gasteiger partial charge in [0.2, 0.25) is 0 Å². The monoisotopic (exact) mass is 1050 g/mol. The third-order valence-electron chi connectivity index (χ3n) is 10.8. The first kappa shape index (κ1) is 69.4. The highest BCUT2D eigenvalue weighted by atomic mass is 31.2. The first-order valence-electron chi connectivity index (χ1n) is 27.7. The van der Waals surface area contributed by atoms with Gasteiger partial charge < -0.3 is 24.2 Å². The van der Waals surface area contributed by atoms with E-state index >= 15 is 0 Å². The maximum atomic E-state index is 12.9. The molecule has 0 aliphatic rings. The fourth-order valence-corrected chi connectivity index (χ4v) is 7.45. The van der Waals surface area contributed by atoms with Gasteiger partial charge in [-0.15, -0.1) is 0 Å². The maximum absolute atomic E-state index is 12.9. The summed E-state index contributed by atoms with van der Waals surface area (Å²) in [5.41, 5.74) is 0. The molecule has 0 aliphatic heterocycles. The van der Waals surface area contributed by atoms with Crippen LogP contribution in [0.2, 0.25) is 0 Å². The van der Waals surface area contributed by atoms with E-state index in [2.05, 4.69) is 142 Å². The highest BCUT2D eigenvalue weighted by Crippen LogP contribution is 2.43. The number of phosphoric ester groups is 1. The molecule has 416 valence electrons. The normalized spacial score (nSPS) is 14.5. The number of allylic oxidation sites excluding steroid dienone is 23. The molecular weight excluding hydrogens is 952 g/mol. The van der Waals surface area contributed by atoms with Gasteiger partial charge in [0.1, 0.15) is 12.7 Å². The largest absolute Gasteiger partial charge is 0.472 e. The molecule has 0 saturated heterocycles. The zero-order valence-corrected chi connectivity index (χ0v) is 46.6. The van der Waals surface area contributed by atoms with Crippen LogP contribution in [0.5, 0.6) is 0 Å². The molecule has 74 heavy (non-hydrogen) atoms. The molecule has 0 aromatic carbocycles. The molecule has 3 unspecified atom stereocenters. The van der Waals surface area contributed by atoms with Crippen LogP contribution in [0, 0.1) is 0 Å². The lowest BCUT2D eigenvalue weighted by atomic mass is 10.1. The summed E-state index contributed by atoms with van der Waals surface area (Å²) < 4.78 is 39.3. The van der Waals surface area contributed by atoms with Crippen LogP contribution in [-0.4, -0.2) is 66.5 Å². The fraction of sp³-hybridized carbons (Fsp3) is 0.565. The third-order valence-corrected chi connectivity index (χ3v) is 11.7. The lowest BCUT2D eigenvalue weighted by Gasteiger charge is -2.21. The fourth-order valence-electron chi connectivity index (χ4n) is 6.67. The number of rotatable bonds is 49. The Morgan fingerprint density at radius 2 is 0.716 bits per heavy atom. The van der Waals surface area contributed by atoms with Crippen LogP contribution in [0.4, 0.5) is 0 Å². The van der Waals surface area contributed by atoms with E-state index in [-0.39, 0.29) is 25.9 Å². The van der Waals surface area contributed by atoms with Crippen LogP contribution >= 0.6 is 7.82 Å². The summed E-state index contributed by atoms with van der Waals surface area (Å²) >= 11 is 0. The minimum Gasteiger partial charge on any atom is -0.462 e. The Labute approximate surface area is 448 Å². The molecule has 0 saturated carbocycles. The van der Waals surface area contributed by atoms with Gasteiger partial charge in [-0.25, -0.2) is 4.57 Å². The van der Waals surface area contributed by atoms with Gasteiger partial charge in [0.15, 0.2) is 6.10 Å². The van der Waals surface area contributed by atoms with Crippen molar-refractivity contribution in [3.05, 3.63) is 146 Å². The first-order valence-corrected chi connectivity index (χ1v) is 29.2. The van der Waals surface area contributed by atoms with E-state index in [0.717, 1.165) is 128 Å². The van der Waals surface area contributed by atoms with Crippen molar-refractivity contribution < 1.29 is 52.2 Å². The molecule has 0 bridgehead atoms. The van der Waals surface area contributed by atoms with E-state index in [1.54, 1.807) is 6.08 Å². The predicted octanol–water partition coefficient (Wildman–Crippen LogP) is 16.4. The minimum atomic E-state index is -4.79. The average Bonchev–Trinajstić information content (AvgIpc) is 3.39. The molecule has 0 aromatic heterocycles. The summed E-state index contributed by atoms with van der Waals surface area (Å²) in [7, 11) is -4.79. The molecule has 12 heteroatoms. The Hall–Kier alpha value is -4.64. The quantitative estimate of drug-likeness (QED) is 0.0197. The van der Waals surface area contributed by atoms with Crippen molar-refractivity contribution in [3.63, 3.8) is 0 Å². The lowest BCUT2D eigenvalue weighted by Crippen LogP contribution is -2.30. The van der Waals surface area contributed by atoms with Crippen molar-refractivity contribution in [2.75, 3.05) is 26.4 Å². The van der Waals surface area contributed by atoms with Gasteiger partial charge >= 0.3 is 25.7 Å². The molecular formula is C62H97O11P. The summed E-state index contributed by atoms with van der Waals surface area (Å²) in [6, 6.07) is 0. The first-order chi connectivity index (χ1) is 36.2. The number of aliphatic hydroxyl groups excluding tert-OH is 1. The van der Waals surface area contributed by atoms with Crippen LogP contribution in [-0.2, 0) is 42.2 Å². The average molecular weight is 1050 g/mol. The highest BCUT2D eigenvalue weighted by molar-refractivity contribution is 7.47. The second-order valence-electron chi connectivity index (χ2n) is 17.6. The number of hydrogen-bond donors (Lipinski definition) is 2. The number of carbonyl (C=O) groups excluding carboxylic acids is 3. The number of hydrogen-bond acceptors (Lipinski definition) is 10. The van der Waals surface area contributed by atoms with Crippen molar-refractivity contribution in [3.8, 4) is 0 Å². The zero-order chi connectivity index (χ0) is 54.1. The number of carbonyl (C=O) groups is 3. The molecule has 0 aromatic rings. The standard InChI is InChI=1S/C62H97O11P/c1-4-7-10-13-16-19-22-25-27-28-29-30-32-35-38-41-44-47-50-53-62(66)73-59(55-69-60(64)51-48-45-42-39-36-33-24-21-18-15-12-9-6-3)57-71-74(67,68)70-56-58(54-63)72-61(65)52-49-46-43-40-37-34-31-26-23-20-17-14-11-8-5-2/h7-12,16-21,25-27,29-31,33,36-37,40,46,49,58-59,63H,4-6,13-15,22-24,28,32,34-35,38-39,41-45,47-48,50-57H2,1-3H3,(H,67,68)/b10-7-,11-8-,12-9-,19-16-,20-17-,21-18-,27-25-,30-29-,31-26-,36-33-,40-37-,49-46-. The molecule has 0 heterocycles. The lowest BCUT2D eigenvalue weighted by molar-refractivity contribution is -0.161. The van der Waals surface area contributed by atoms with Gasteiger partial charge in [0, 0.05) is 12.8 Å². The molecule has 0 aliphatic carbocycles. The summed E-state index contributed by atoms with van der Waals surface area (Å²) in [5, 5.41) is 9.78. The van der Waals surface area contributed by atoms with Crippen LogP contribution in [0.1, 0.15) is 188 Å². The number of phosphoric acid groups is 1. The van der Waals surface area contributed by atoms with Gasteiger partial charge in [-0.2, -0.15) is 0 Å². The van der Waals surface area contributed by atoms with E-state index in [1.807, 2.05) is 18.2 Å². The second-order valence-corrected chi connectivity index (χ2v) is 19.1. The Kier molecular flexibility index (Phi) is 51.2. The Balaban J connectivity index is 4.89. The Morgan fingerprint density at radius 1 is 0.392 bits per heavy atom. The topological polar surface area (TPSA) is 155 Å². The van der Waals surface area contributed by atoms with Gasteiger partial charge in [-0.3, -0.25) is 23.4 Å². The summed E-state index contributed by atoms with van der Waals surface area (Å²) in [6.07, 6.45) is 69.8. The van der Waals surface area contributed by atoms with Crippen LogP contribution in [0.25, 0.3) is 0 Å². The van der Waals surface area contributed by atoms with Gasteiger partial charge in [-0.1, -0.05) is 199 Å². The summed E-state index contributed by atoms with van der Waals surface area (Å²) in [6.45, 7) is 4.11. The van der Waals surface area contributed by atoms with Crippen molar-refractivity contribution in [2.24, 2.45) is 0 Å². The number of esters is 3. The van der Waals surface area contributed by atoms with E-state index in [0.29, 0.717) is 19.3 Å². The zero-order valence-electron chi connectivity index (χ0n) is 45.7. The number of unbranched alkanes of at least 4 members (excludes halogenated alkanes) is 9. The van der Waals surface area contributed by atoms with Gasteiger partial charge in [-0.05, 0) is 116 Å². The van der Waals surface area contributed by atoms with Crippen LogP contribution in [0.3, 0.4) is 0 Å². The summed E-state index contributed by atoms with van der Waals surface area (Å²) in [4.78, 5) is 48.4. The molecule has 3 atom stereocenters. The highest BCUT2D eigenvalue weighted by Gasteiger charge is 2.28. The summed E-state index contributed by atoms with van der Waals surface area (Å²) in [5.74, 6) is -1.67. The number of ether oxygens (including phenoxy) is 3. The minimum absolute atomic E-state index is 0.0660. The van der Waals surface area contributed by atoms with Gasteiger partial charge in [0.25, 0.3) is 0 Å². The molecule has 0 spiro atoms. The van der Waals surface area contributed by atoms with E-state index < -0.39 is 57.8 Å². The SMILES string of the molecule is CC/C=C\C/C=C\C/C=C\C/C=C\C/C=C\CC(=O)OC(CO)COP(=O)(O)OCC(COC(=O)CCCCC/C=C\C/C=C\C/C=C\CC)OC(=O)CCCCCCCC/C=C\C/C=C\C/C=C\C/C=C\CC. The smallest absolute Gasteiger partial charge is 0.462 e. The van der Waals surface area contributed by atoms with Gasteiger partial charge in [0.05, 0.1) is 26.2 Å². The molecule has 0 amide bonds. The molecule has 0 fully saturated rings. The van der Waals surface area contributed by atoms with Crippen molar-refractivity contribution in [2.45, 2.75) is 200 Å². The molecule has 0 rings (SSSR count). The third kappa shape index (κ3) is 52.2. The maximum Gasteiger partial charge on any atom is 0.472 e. The Bertz CT molecular complexity index is 1800. The van der Waals surface area contributed by atoms with E-state index in [9.17, 15) is 28.9 Å². The second kappa shape index (κ2) is 54.6. The number of aliphatic hydroxyl groups is 1. The van der Waals surface area contributed by atoms with Crippen molar-refractivity contribution >= 4 is 25.7 Å². The molecule has 11 nitrogen and oxygen atoms in total. The van der Waals surface area contributed by atoms with Crippen LogP contribution in [0.15, 0.2) is 146 Å². The van der Waals surface area contributed by atoms with Crippen molar-refractivity contribution in [1.29, 1.82) is 0 Å². The van der Waals surface area contributed by atoms with E-state index in [4.69, 9.17) is 23.3 Å². The Morgan fingerprint density at radius 3 is 1.14 bits per heavy atom. The predicted molar refractivity (Wildman–Crippen MR) is 306 cm³/mol. The van der Waals surface area contributed by atoms with Crippen LogP contribution < -0.4 is 0 Å². The van der Waals surface area contributed by atoms with E-state index in [1.165, 1.54) is 0 Å². The molecule has 2 N–H and O–H groups in total. The van der Waals surface area contributed by atoms with Crippen molar-refractivity contribution in [1.82, 2.24) is 0 Å². The molecule has 0 radical (unpaired) electrons.